The highest BCUT2D eigenvalue weighted by molar-refractivity contribution is 8.00. The van der Waals surface area contributed by atoms with Gasteiger partial charge in [-0.15, -0.1) is 0 Å². The van der Waals surface area contributed by atoms with E-state index in [9.17, 15) is 4.79 Å². The summed E-state index contributed by atoms with van der Waals surface area (Å²) in [6.45, 7) is 5.39. The van der Waals surface area contributed by atoms with E-state index in [1.807, 2.05) is 13.8 Å². The van der Waals surface area contributed by atoms with Gasteiger partial charge in [0, 0.05) is 11.4 Å². The summed E-state index contributed by atoms with van der Waals surface area (Å²) in [5.41, 5.74) is 5.63. The molecule has 0 radical (unpaired) electrons. The van der Waals surface area contributed by atoms with Crippen LogP contribution in [0.5, 0.6) is 0 Å². The molecule has 15 heavy (non-hydrogen) atoms. The first-order valence-corrected chi connectivity index (χ1v) is 6.12. The molecule has 0 aromatic carbocycles. The van der Waals surface area contributed by atoms with E-state index in [1.165, 1.54) is 0 Å². The lowest BCUT2D eigenvalue weighted by molar-refractivity contribution is -0.139. The maximum atomic E-state index is 10.8. The van der Waals surface area contributed by atoms with E-state index in [0.29, 0.717) is 5.92 Å². The van der Waals surface area contributed by atoms with Crippen molar-refractivity contribution in [2.24, 2.45) is 11.7 Å². The van der Waals surface area contributed by atoms with Gasteiger partial charge in [-0.3, -0.25) is 4.79 Å². The maximum absolute atomic E-state index is 10.8. The molecule has 88 valence electrons. The van der Waals surface area contributed by atoms with Crippen molar-refractivity contribution in [3.8, 4) is 0 Å². The van der Waals surface area contributed by atoms with Crippen LogP contribution >= 0.6 is 11.8 Å². The second-order valence-corrected chi connectivity index (χ2v) is 6.13. The largest absolute Gasteiger partial charge is 0.480 e. The number of carbonyl (C=O) groups is 1. The second kappa shape index (κ2) is 5.18. The summed E-state index contributed by atoms with van der Waals surface area (Å²) in [7, 11) is 0. The Hall–Kier alpha value is -0.260. The molecule has 0 aromatic rings. The van der Waals surface area contributed by atoms with Crippen molar-refractivity contribution in [2.45, 2.75) is 31.1 Å². The number of carboxylic acids is 1. The Labute approximate surface area is 94.6 Å². The summed E-state index contributed by atoms with van der Waals surface area (Å²) in [5, 5.41) is 8.85. The predicted molar refractivity (Wildman–Crippen MR) is 61.1 cm³/mol. The summed E-state index contributed by atoms with van der Waals surface area (Å²) in [6.07, 6.45) is 1.07. The third kappa shape index (κ3) is 3.66. The van der Waals surface area contributed by atoms with Crippen LogP contribution in [0.4, 0.5) is 0 Å². The first-order valence-electron chi connectivity index (χ1n) is 5.13. The number of ether oxygens (including phenoxy) is 1. The number of hydrogen-bond acceptors (Lipinski definition) is 4. The molecule has 0 aromatic heterocycles. The smallest absolute Gasteiger partial charge is 0.321 e. The van der Waals surface area contributed by atoms with E-state index in [0.717, 1.165) is 25.4 Å². The van der Waals surface area contributed by atoms with Crippen molar-refractivity contribution in [3.05, 3.63) is 0 Å². The van der Waals surface area contributed by atoms with Gasteiger partial charge in [0.2, 0.25) is 0 Å². The van der Waals surface area contributed by atoms with Crippen molar-refractivity contribution in [1.82, 2.24) is 0 Å². The van der Waals surface area contributed by atoms with Gasteiger partial charge in [-0.2, -0.15) is 11.8 Å². The van der Waals surface area contributed by atoms with Gasteiger partial charge in [0.1, 0.15) is 6.04 Å². The minimum Gasteiger partial charge on any atom is -0.480 e. The van der Waals surface area contributed by atoms with Crippen molar-refractivity contribution in [2.75, 3.05) is 19.0 Å². The third-order valence-corrected chi connectivity index (χ3v) is 4.37. The van der Waals surface area contributed by atoms with Crippen LogP contribution in [0.25, 0.3) is 0 Å². The molecule has 1 saturated heterocycles. The Morgan fingerprint density at radius 2 is 2.40 bits per heavy atom. The fourth-order valence-corrected chi connectivity index (χ4v) is 2.64. The van der Waals surface area contributed by atoms with E-state index in [4.69, 9.17) is 15.6 Å². The van der Waals surface area contributed by atoms with Crippen LogP contribution in [-0.2, 0) is 9.53 Å². The molecule has 0 spiro atoms. The van der Waals surface area contributed by atoms with E-state index in [1.54, 1.807) is 11.8 Å². The zero-order valence-electron chi connectivity index (χ0n) is 9.23. The second-order valence-electron chi connectivity index (χ2n) is 4.46. The molecule has 1 rings (SSSR count). The number of thioether (sulfide) groups is 1. The lowest BCUT2D eigenvalue weighted by Gasteiger charge is -2.28. The van der Waals surface area contributed by atoms with Crippen LogP contribution < -0.4 is 5.73 Å². The highest BCUT2D eigenvalue weighted by Gasteiger charge is 2.33. The molecular formula is C10H19NO3S. The number of hydrogen-bond donors (Lipinski definition) is 2. The van der Waals surface area contributed by atoms with Crippen LogP contribution in [0.2, 0.25) is 0 Å². The van der Waals surface area contributed by atoms with Gasteiger partial charge in [0.15, 0.2) is 0 Å². The van der Waals surface area contributed by atoms with Crippen LogP contribution in [0.15, 0.2) is 0 Å². The van der Waals surface area contributed by atoms with Crippen molar-refractivity contribution in [1.29, 1.82) is 0 Å². The molecule has 4 nitrogen and oxygen atoms in total. The Balaban J connectivity index is 2.37. The van der Waals surface area contributed by atoms with Crippen LogP contribution in [0.1, 0.15) is 20.3 Å². The number of rotatable bonds is 5. The van der Waals surface area contributed by atoms with Crippen molar-refractivity contribution in [3.63, 3.8) is 0 Å². The highest BCUT2D eigenvalue weighted by Crippen LogP contribution is 2.31. The Morgan fingerprint density at radius 3 is 2.87 bits per heavy atom. The van der Waals surface area contributed by atoms with Crippen LogP contribution in [-0.4, -0.2) is 40.8 Å². The molecule has 3 N–H and O–H groups in total. The van der Waals surface area contributed by atoms with Gasteiger partial charge in [-0.25, -0.2) is 0 Å². The van der Waals surface area contributed by atoms with E-state index < -0.39 is 16.8 Å². The maximum Gasteiger partial charge on any atom is 0.321 e. The zero-order valence-corrected chi connectivity index (χ0v) is 10.0. The summed E-state index contributed by atoms with van der Waals surface area (Å²) in [6, 6.07) is -0.815. The Kier molecular flexibility index (Phi) is 4.43. The van der Waals surface area contributed by atoms with E-state index in [2.05, 4.69) is 0 Å². The molecular weight excluding hydrogens is 214 g/mol. The summed E-state index contributed by atoms with van der Waals surface area (Å²) >= 11 is 1.63. The van der Waals surface area contributed by atoms with E-state index in [-0.39, 0.29) is 0 Å². The lowest BCUT2D eigenvalue weighted by atomic mass is 10.1. The molecule has 0 bridgehead atoms. The average Bonchev–Trinajstić information content (AvgIpc) is 2.66. The molecule has 0 amide bonds. The summed E-state index contributed by atoms with van der Waals surface area (Å²) in [4.78, 5) is 10.8. The standard InChI is InChI=1S/C10H19NO3S/c1-10(2,8(11)9(12)13)15-6-7-3-4-14-5-7/h7-8H,3-6,11H2,1-2H3,(H,12,13)/t7?,8-/m0/s1. The molecule has 0 saturated carbocycles. The van der Waals surface area contributed by atoms with Gasteiger partial charge in [0.25, 0.3) is 0 Å². The van der Waals surface area contributed by atoms with E-state index >= 15 is 0 Å². The predicted octanol–water partition coefficient (Wildman–Crippen LogP) is 0.947. The normalized spacial score (nSPS) is 24.1. The molecule has 1 heterocycles. The van der Waals surface area contributed by atoms with Crippen molar-refractivity contribution >= 4 is 17.7 Å². The number of aliphatic carboxylic acids is 1. The van der Waals surface area contributed by atoms with Gasteiger partial charge in [0.05, 0.1) is 6.61 Å². The van der Waals surface area contributed by atoms with Crippen LogP contribution in [0, 0.1) is 5.92 Å². The van der Waals surface area contributed by atoms with Gasteiger partial charge in [-0.1, -0.05) is 0 Å². The Bertz CT molecular complexity index is 227. The van der Waals surface area contributed by atoms with Gasteiger partial charge < -0.3 is 15.6 Å². The SMILES string of the molecule is CC(C)(SCC1CCOC1)[C@@H](N)C(=O)O. The molecule has 1 unspecified atom stereocenters. The molecule has 0 aliphatic carbocycles. The summed E-state index contributed by atoms with van der Waals surface area (Å²) in [5.74, 6) is 0.541. The monoisotopic (exact) mass is 233 g/mol. The first kappa shape index (κ1) is 12.8. The number of nitrogens with two attached hydrogens (primary N) is 1. The summed E-state index contributed by atoms with van der Waals surface area (Å²) < 4.78 is 4.85. The minimum atomic E-state index is -0.935. The fraction of sp³-hybridized carbons (Fsp3) is 0.900. The molecule has 1 fully saturated rings. The quantitative estimate of drug-likeness (QED) is 0.739. The molecule has 5 heteroatoms. The van der Waals surface area contributed by atoms with Crippen molar-refractivity contribution < 1.29 is 14.6 Å². The van der Waals surface area contributed by atoms with Gasteiger partial charge in [-0.05, 0) is 31.9 Å². The minimum absolute atomic E-state index is 0.422. The van der Waals surface area contributed by atoms with Gasteiger partial charge >= 0.3 is 5.97 Å². The molecule has 2 atom stereocenters. The number of carboxylic acid groups (broad SMARTS) is 1. The third-order valence-electron chi connectivity index (χ3n) is 2.73. The first-order chi connectivity index (χ1) is 6.93. The average molecular weight is 233 g/mol. The van der Waals surface area contributed by atoms with Crippen LogP contribution in [0.3, 0.4) is 0 Å². The Morgan fingerprint density at radius 1 is 1.73 bits per heavy atom. The highest BCUT2D eigenvalue weighted by atomic mass is 32.2. The topological polar surface area (TPSA) is 72.5 Å². The molecule has 1 aliphatic heterocycles. The fourth-order valence-electron chi connectivity index (χ4n) is 1.43. The molecule has 1 aliphatic rings. The lowest BCUT2D eigenvalue weighted by Crippen LogP contribution is -2.47. The zero-order chi connectivity index (χ0) is 11.5.